The molecule has 2 aliphatic rings. The Morgan fingerprint density at radius 3 is 3.15 bits per heavy atom. The average Bonchev–Trinajstić information content (AvgIpc) is 3.09. The number of aromatic nitrogens is 1. The number of fused-ring (bicyclic) bond motifs is 1. The van der Waals surface area contributed by atoms with Crippen molar-refractivity contribution < 1.29 is 4.79 Å². The first-order chi connectivity index (χ1) is 9.66. The molecule has 1 unspecified atom stereocenters. The third-order valence-corrected chi connectivity index (χ3v) is 5.17. The van der Waals surface area contributed by atoms with Gasteiger partial charge >= 0.3 is 0 Å². The topological polar surface area (TPSA) is 45.2 Å². The molecule has 1 spiro atoms. The lowest BCUT2D eigenvalue weighted by atomic mass is 9.85. The van der Waals surface area contributed by atoms with Crippen molar-refractivity contribution in [2.45, 2.75) is 12.8 Å². The van der Waals surface area contributed by atoms with E-state index in [-0.39, 0.29) is 11.3 Å². The van der Waals surface area contributed by atoms with Crippen molar-refractivity contribution in [3.8, 4) is 0 Å². The Morgan fingerprint density at radius 1 is 1.45 bits per heavy atom. The van der Waals surface area contributed by atoms with Gasteiger partial charge in [0.05, 0.1) is 21.1 Å². The summed E-state index contributed by atoms with van der Waals surface area (Å²) in [6.07, 6.45) is 1.66. The van der Waals surface area contributed by atoms with Crippen LogP contribution in [0.3, 0.4) is 0 Å². The first-order valence-electron chi connectivity index (χ1n) is 6.74. The summed E-state index contributed by atoms with van der Waals surface area (Å²) in [6, 6.07) is 6.36. The first-order valence-corrected chi connectivity index (χ1v) is 7.62. The highest BCUT2D eigenvalue weighted by Crippen LogP contribution is 2.42. The number of hydrogen-bond donors (Lipinski definition) is 1. The predicted molar refractivity (Wildman–Crippen MR) is 80.8 cm³/mol. The number of nitrogens with zero attached hydrogens (tertiary/aromatic N) is 2. The van der Waals surface area contributed by atoms with Gasteiger partial charge in [0.25, 0.3) is 0 Å². The number of hydrogen-bond acceptors (Lipinski definition) is 4. The van der Waals surface area contributed by atoms with Crippen LogP contribution >= 0.6 is 11.3 Å². The minimum atomic E-state index is -0.270. The highest BCUT2D eigenvalue weighted by atomic mass is 32.1. The molecular formula is C15H15N3OS. The molecule has 1 aromatic carbocycles. The number of rotatable bonds is 1. The summed E-state index contributed by atoms with van der Waals surface area (Å²) in [4.78, 5) is 18.8. The van der Waals surface area contributed by atoms with Gasteiger partial charge < -0.3 is 10.2 Å². The number of nitrogens with one attached hydrogen (secondary N) is 1. The fourth-order valence-electron chi connectivity index (χ4n) is 3.29. The minimum absolute atomic E-state index is 0.139. The van der Waals surface area contributed by atoms with Crippen molar-refractivity contribution in [1.29, 1.82) is 0 Å². The molecule has 102 valence electrons. The minimum Gasteiger partial charge on any atom is -0.370 e. The molecule has 0 bridgehead atoms. The molecule has 2 aliphatic heterocycles. The van der Waals surface area contributed by atoms with Gasteiger partial charge in [-0.3, -0.25) is 4.79 Å². The van der Waals surface area contributed by atoms with Crippen LogP contribution in [0.5, 0.6) is 0 Å². The van der Waals surface area contributed by atoms with Crippen LogP contribution in [0, 0.1) is 5.41 Å². The molecule has 2 aromatic rings. The largest absolute Gasteiger partial charge is 0.370 e. The molecule has 4 nitrogen and oxygen atoms in total. The summed E-state index contributed by atoms with van der Waals surface area (Å²) >= 11 is 1.65. The lowest BCUT2D eigenvalue weighted by molar-refractivity contribution is -0.126. The summed E-state index contributed by atoms with van der Waals surface area (Å²) in [7, 11) is 0. The molecule has 5 heteroatoms. The normalized spacial score (nSPS) is 25.9. The van der Waals surface area contributed by atoms with E-state index in [0.717, 1.165) is 42.8 Å². The van der Waals surface area contributed by atoms with Crippen LogP contribution in [-0.4, -0.2) is 24.0 Å². The van der Waals surface area contributed by atoms with Gasteiger partial charge in [-0.25, -0.2) is 4.98 Å². The molecule has 1 atom stereocenters. The average molecular weight is 285 g/mol. The number of thiazole rings is 1. The molecule has 1 N–H and O–H groups in total. The summed E-state index contributed by atoms with van der Waals surface area (Å²) in [5.41, 5.74) is 4.65. The van der Waals surface area contributed by atoms with Crippen LogP contribution in [0.15, 0.2) is 36.0 Å². The molecule has 2 fully saturated rings. The Morgan fingerprint density at radius 2 is 2.35 bits per heavy atom. The van der Waals surface area contributed by atoms with E-state index in [4.69, 9.17) is 0 Å². The van der Waals surface area contributed by atoms with Crippen LogP contribution in [-0.2, 0) is 4.79 Å². The monoisotopic (exact) mass is 285 g/mol. The molecule has 4 rings (SSSR count). The standard InChI is InChI=1S/C15H15N3OS/c1-10-7-15(14(19)17-10)4-5-18(8-15)11-2-3-13-12(6-11)16-9-20-13/h2-3,6,9H,1,4-5,7-8H2,(H,17,19). The van der Waals surface area contributed by atoms with Gasteiger partial charge in [0, 0.05) is 30.9 Å². The Kier molecular flexibility index (Phi) is 2.41. The van der Waals surface area contributed by atoms with E-state index in [1.54, 1.807) is 11.3 Å². The zero-order valence-electron chi connectivity index (χ0n) is 11.1. The number of carbonyl (C=O) groups excluding carboxylic acids is 1. The van der Waals surface area contributed by atoms with E-state index in [1.807, 2.05) is 5.51 Å². The van der Waals surface area contributed by atoms with Crippen LogP contribution in [0.1, 0.15) is 12.8 Å². The van der Waals surface area contributed by atoms with Crippen LogP contribution in [0.25, 0.3) is 10.2 Å². The van der Waals surface area contributed by atoms with Crippen LogP contribution in [0.2, 0.25) is 0 Å². The zero-order valence-corrected chi connectivity index (χ0v) is 11.9. The van der Waals surface area contributed by atoms with E-state index in [1.165, 1.54) is 4.70 Å². The van der Waals surface area contributed by atoms with Gasteiger partial charge in [-0.1, -0.05) is 6.58 Å². The van der Waals surface area contributed by atoms with Crippen LogP contribution < -0.4 is 10.2 Å². The van der Waals surface area contributed by atoms with E-state index < -0.39 is 0 Å². The second kappa shape index (κ2) is 4.06. The van der Waals surface area contributed by atoms with Gasteiger partial charge in [0.2, 0.25) is 5.91 Å². The molecule has 3 heterocycles. The van der Waals surface area contributed by atoms with Crippen molar-refractivity contribution in [1.82, 2.24) is 10.3 Å². The maximum Gasteiger partial charge on any atom is 0.232 e. The van der Waals surface area contributed by atoms with Crippen molar-refractivity contribution in [2.75, 3.05) is 18.0 Å². The SMILES string of the molecule is C=C1CC2(CCN(c3ccc4scnc4c3)C2)C(=O)N1. The third kappa shape index (κ3) is 1.66. The first kappa shape index (κ1) is 11.9. The summed E-state index contributed by atoms with van der Waals surface area (Å²) < 4.78 is 1.20. The zero-order chi connectivity index (χ0) is 13.7. The van der Waals surface area contributed by atoms with E-state index in [2.05, 4.69) is 40.0 Å². The summed E-state index contributed by atoms with van der Waals surface area (Å²) in [5, 5.41) is 2.88. The number of carbonyl (C=O) groups is 1. The molecule has 0 aliphatic carbocycles. The molecule has 0 saturated carbocycles. The molecule has 20 heavy (non-hydrogen) atoms. The van der Waals surface area contributed by atoms with Crippen molar-refractivity contribution in [3.63, 3.8) is 0 Å². The summed E-state index contributed by atoms with van der Waals surface area (Å²) in [6.45, 7) is 5.58. The van der Waals surface area contributed by atoms with Gasteiger partial charge in [-0.2, -0.15) is 0 Å². The van der Waals surface area contributed by atoms with Crippen molar-refractivity contribution in [3.05, 3.63) is 36.0 Å². The smallest absolute Gasteiger partial charge is 0.232 e. The molecule has 1 aromatic heterocycles. The van der Waals surface area contributed by atoms with E-state index >= 15 is 0 Å². The Balaban J connectivity index is 1.64. The molecular weight excluding hydrogens is 270 g/mol. The highest BCUT2D eigenvalue weighted by molar-refractivity contribution is 7.16. The fraction of sp³-hybridized carbons (Fsp3) is 0.333. The maximum absolute atomic E-state index is 12.1. The van der Waals surface area contributed by atoms with Gasteiger partial charge in [-0.15, -0.1) is 11.3 Å². The molecule has 1 amide bonds. The van der Waals surface area contributed by atoms with Gasteiger partial charge in [0.15, 0.2) is 0 Å². The lowest BCUT2D eigenvalue weighted by Crippen LogP contribution is -2.34. The third-order valence-electron chi connectivity index (χ3n) is 4.36. The predicted octanol–water partition coefficient (Wildman–Crippen LogP) is 2.53. The van der Waals surface area contributed by atoms with Crippen molar-refractivity contribution >= 4 is 33.1 Å². The quantitative estimate of drug-likeness (QED) is 0.875. The van der Waals surface area contributed by atoms with Crippen LogP contribution in [0.4, 0.5) is 5.69 Å². The number of allylic oxidation sites excluding steroid dienone is 1. The second-order valence-electron chi connectivity index (χ2n) is 5.69. The second-order valence-corrected chi connectivity index (χ2v) is 6.58. The van der Waals surface area contributed by atoms with E-state index in [0.29, 0.717) is 0 Å². The molecule has 2 saturated heterocycles. The Hall–Kier alpha value is -1.88. The Bertz CT molecular complexity index is 723. The summed E-state index contributed by atoms with van der Waals surface area (Å²) in [5.74, 6) is 0.139. The van der Waals surface area contributed by atoms with Crippen molar-refractivity contribution in [2.24, 2.45) is 5.41 Å². The number of anilines is 1. The fourth-order valence-corrected chi connectivity index (χ4v) is 3.95. The molecule has 0 radical (unpaired) electrons. The Labute approximate surface area is 121 Å². The maximum atomic E-state index is 12.1. The lowest BCUT2D eigenvalue weighted by Gasteiger charge is -2.22. The van der Waals surface area contributed by atoms with Gasteiger partial charge in [0.1, 0.15) is 0 Å². The van der Waals surface area contributed by atoms with Gasteiger partial charge in [-0.05, 0) is 24.6 Å². The number of benzene rings is 1. The van der Waals surface area contributed by atoms with E-state index in [9.17, 15) is 4.79 Å². The number of amides is 1. The highest BCUT2D eigenvalue weighted by Gasteiger charge is 2.48.